The van der Waals surface area contributed by atoms with Crippen molar-refractivity contribution in [2.24, 2.45) is 0 Å². The number of sulfonamides is 1. The summed E-state index contributed by atoms with van der Waals surface area (Å²) in [6.07, 6.45) is 0. The van der Waals surface area contributed by atoms with Crippen molar-refractivity contribution in [2.75, 3.05) is 14.2 Å². The largest absolute Gasteiger partial charge is 0.496 e. The monoisotopic (exact) mass is 461 g/mol. The van der Waals surface area contributed by atoms with E-state index in [1.54, 1.807) is 0 Å². The SMILES string of the molecule is COC(=O)c1cc(S(=O)(=O)NC(=O)c2ccc(Cl)cc2Br)ccc1OC. The quantitative estimate of drug-likeness (QED) is 0.686. The number of rotatable bonds is 5. The molecule has 0 fully saturated rings. The fourth-order valence-corrected chi connectivity index (χ4v) is 3.89. The number of halogens is 2. The number of hydrogen-bond acceptors (Lipinski definition) is 6. The zero-order valence-electron chi connectivity index (χ0n) is 13.6. The molecule has 0 bridgehead atoms. The highest BCUT2D eigenvalue weighted by molar-refractivity contribution is 9.10. The number of methoxy groups -OCH3 is 2. The second-order valence-corrected chi connectivity index (χ2v) is 7.89. The third kappa shape index (κ3) is 4.35. The Kier molecular flexibility index (Phi) is 6.27. The van der Waals surface area contributed by atoms with E-state index in [0.717, 1.165) is 13.2 Å². The van der Waals surface area contributed by atoms with E-state index in [2.05, 4.69) is 20.7 Å². The van der Waals surface area contributed by atoms with Crippen LogP contribution < -0.4 is 9.46 Å². The molecule has 1 amide bonds. The van der Waals surface area contributed by atoms with Crippen molar-refractivity contribution < 1.29 is 27.5 Å². The van der Waals surface area contributed by atoms with Crippen LogP contribution in [-0.4, -0.2) is 34.5 Å². The third-order valence-corrected chi connectivity index (χ3v) is 5.51. The maximum absolute atomic E-state index is 12.5. The number of benzene rings is 2. The van der Waals surface area contributed by atoms with Gasteiger partial charge in [0.15, 0.2) is 0 Å². The van der Waals surface area contributed by atoms with E-state index in [-0.39, 0.29) is 21.8 Å². The number of carbonyl (C=O) groups excluding carboxylic acids is 2. The van der Waals surface area contributed by atoms with Crippen LogP contribution in [0.2, 0.25) is 5.02 Å². The maximum Gasteiger partial charge on any atom is 0.341 e. The summed E-state index contributed by atoms with van der Waals surface area (Å²) in [6.45, 7) is 0. The normalized spacial score (nSPS) is 10.9. The zero-order valence-corrected chi connectivity index (χ0v) is 16.7. The molecule has 0 heterocycles. The molecule has 2 rings (SSSR count). The topological polar surface area (TPSA) is 98.8 Å². The Morgan fingerprint density at radius 2 is 1.77 bits per heavy atom. The van der Waals surface area contributed by atoms with Crippen LogP contribution in [0.4, 0.5) is 0 Å². The van der Waals surface area contributed by atoms with Crippen molar-refractivity contribution in [3.05, 3.63) is 57.0 Å². The number of hydrogen-bond donors (Lipinski definition) is 1. The molecule has 138 valence electrons. The molecule has 0 radical (unpaired) electrons. The molecule has 0 aliphatic carbocycles. The molecular formula is C16H13BrClNO6S. The highest BCUT2D eigenvalue weighted by Crippen LogP contribution is 2.25. The fraction of sp³-hybridized carbons (Fsp3) is 0.125. The Bertz CT molecular complexity index is 977. The minimum atomic E-state index is -4.24. The number of carbonyl (C=O) groups is 2. The molecule has 0 aromatic heterocycles. The number of ether oxygens (including phenoxy) is 2. The highest BCUT2D eigenvalue weighted by atomic mass is 79.9. The summed E-state index contributed by atoms with van der Waals surface area (Å²) in [5, 5.41) is 0.383. The van der Waals surface area contributed by atoms with E-state index in [0.29, 0.717) is 9.50 Å². The van der Waals surface area contributed by atoms with Gasteiger partial charge in [0.1, 0.15) is 11.3 Å². The second kappa shape index (κ2) is 8.07. The highest BCUT2D eigenvalue weighted by Gasteiger charge is 2.23. The van der Waals surface area contributed by atoms with E-state index in [1.807, 2.05) is 4.72 Å². The molecule has 0 aliphatic rings. The molecular weight excluding hydrogens is 450 g/mol. The average molecular weight is 463 g/mol. The van der Waals surface area contributed by atoms with Gasteiger partial charge in [-0.1, -0.05) is 11.6 Å². The molecule has 26 heavy (non-hydrogen) atoms. The summed E-state index contributed by atoms with van der Waals surface area (Å²) in [6, 6.07) is 7.87. The minimum Gasteiger partial charge on any atom is -0.496 e. The molecule has 0 saturated carbocycles. The minimum absolute atomic E-state index is 0.0830. The van der Waals surface area contributed by atoms with Crippen LogP contribution in [0.1, 0.15) is 20.7 Å². The second-order valence-electron chi connectivity index (χ2n) is 4.91. The molecule has 0 atom stereocenters. The summed E-state index contributed by atoms with van der Waals surface area (Å²) in [5.74, 6) is -1.49. The number of nitrogens with one attached hydrogen (secondary N) is 1. The first kappa shape index (κ1) is 20.2. The first-order valence-electron chi connectivity index (χ1n) is 6.98. The molecule has 0 spiro atoms. The van der Waals surface area contributed by atoms with Crippen LogP contribution in [0.3, 0.4) is 0 Å². The predicted molar refractivity (Wildman–Crippen MR) is 98.1 cm³/mol. The Morgan fingerprint density at radius 1 is 1.08 bits per heavy atom. The van der Waals surface area contributed by atoms with Gasteiger partial charge in [-0.15, -0.1) is 0 Å². The van der Waals surface area contributed by atoms with Crippen LogP contribution >= 0.6 is 27.5 Å². The Balaban J connectivity index is 2.38. The lowest BCUT2D eigenvalue weighted by Crippen LogP contribution is -2.31. The van der Waals surface area contributed by atoms with E-state index in [9.17, 15) is 18.0 Å². The molecule has 2 aromatic rings. The maximum atomic E-state index is 12.5. The van der Waals surface area contributed by atoms with Crippen molar-refractivity contribution in [1.29, 1.82) is 0 Å². The summed E-state index contributed by atoms with van der Waals surface area (Å²) in [4.78, 5) is 23.8. The van der Waals surface area contributed by atoms with E-state index >= 15 is 0 Å². The van der Waals surface area contributed by atoms with E-state index in [4.69, 9.17) is 16.3 Å². The van der Waals surface area contributed by atoms with Gasteiger partial charge < -0.3 is 9.47 Å². The summed E-state index contributed by atoms with van der Waals surface area (Å²) >= 11 is 8.96. The van der Waals surface area contributed by atoms with Crippen LogP contribution in [0.15, 0.2) is 45.8 Å². The molecule has 0 aliphatic heterocycles. The average Bonchev–Trinajstić information content (AvgIpc) is 2.59. The van der Waals surface area contributed by atoms with Gasteiger partial charge in [0.25, 0.3) is 15.9 Å². The lowest BCUT2D eigenvalue weighted by atomic mass is 10.2. The summed E-state index contributed by atoms with van der Waals surface area (Å²) < 4.78 is 36.9. The first-order valence-corrected chi connectivity index (χ1v) is 9.63. The smallest absolute Gasteiger partial charge is 0.341 e. The van der Waals surface area contributed by atoms with Crippen LogP contribution in [0, 0.1) is 0 Å². The lowest BCUT2D eigenvalue weighted by Gasteiger charge is -2.11. The van der Waals surface area contributed by atoms with Crippen molar-refractivity contribution >= 4 is 49.4 Å². The molecule has 0 saturated heterocycles. The molecule has 0 unspecified atom stereocenters. The zero-order chi connectivity index (χ0) is 19.5. The Labute approximate surface area is 163 Å². The van der Waals surface area contributed by atoms with Crippen molar-refractivity contribution in [3.63, 3.8) is 0 Å². The fourth-order valence-electron chi connectivity index (χ4n) is 2.03. The Hall–Kier alpha value is -2.10. The predicted octanol–water partition coefficient (Wildman–Crippen LogP) is 3.02. The van der Waals surface area contributed by atoms with Gasteiger partial charge in [0.2, 0.25) is 0 Å². The van der Waals surface area contributed by atoms with Crippen LogP contribution in [0.5, 0.6) is 5.75 Å². The molecule has 7 nitrogen and oxygen atoms in total. The summed E-state index contributed by atoms with van der Waals surface area (Å²) in [7, 11) is -1.76. The van der Waals surface area contributed by atoms with Crippen LogP contribution in [-0.2, 0) is 14.8 Å². The van der Waals surface area contributed by atoms with E-state index in [1.165, 1.54) is 37.4 Å². The van der Waals surface area contributed by atoms with Gasteiger partial charge in [-0.05, 0) is 52.3 Å². The van der Waals surface area contributed by atoms with Gasteiger partial charge in [0.05, 0.1) is 24.7 Å². The number of amides is 1. The van der Waals surface area contributed by atoms with Crippen LogP contribution in [0.25, 0.3) is 0 Å². The molecule has 10 heteroatoms. The third-order valence-electron chi connectivity index (χ3n) is 3.29. The van der Waals surface area contributed by atoms with Crippen molar-refractivity contribution in [3.8, 4) is 5.75 Å². The van der Waals surface area contributed by atoms with Gasteiger partial charge in [-0.2, -0.15) is 0 Å². The van der Waals surface area contributed by atoms with Crippen molar-refractivity contribution in [1.82, 2.24) is 4.72 Å². The first-order chi connectivity index (χ1) is 12.2. The van der Waals surface area contributed by atoms with Gasteiger partial charge in [-0.3, -0.25) is 4.79 Å². The van der Waals surface area contributed by atoms with Crippen molar-refractivity contribution in [2.45, 2.75) is 4.90 Å². The molecule has 2 aromatic carbocycles. The standard InChI is InChI=1S/C16H13BrClNO6S/c1-24-14-6-4-10(8-12(14)16(21)25-2)26(22,23)19-15(20)11-5-3-9(18)7-13(11)17/h3-8H,1-2H3,(H,19,20). The Morgan fingerprint density at radius 3 is 2.35 bits per heavy atom. The number of esters is 1. The lowest BCUT2D eigenvalue weighted by molar-refractivity contribution is 0.0596. The summed E-state index contributed by atoms with van der Waals surface area (Å²) in [5.41, 5.74) is -0.00215. The van der Waals surface area contributed by atoms with Gasteiger partial charge >= 0.3 is 5.97 Å². The molecule has 1 N–H and O–H groups in total. The van der Waals surface area contributed by atoms with E-state index < -0.39 is 21.9 Å². The van der Waals surface area contributed by atoms with Gasteiger partial charge in [-0.25, -0.2) is 17.9 Å². The van der Waals surface area contributed by atoms with Gasteiger partial charge in [0, 0.05) is 9.50 Å².